The first kappa shape index (κ1) is 21.8. The third kappa shape index (κ3) is 5.39. The second-order valence-corrected chi connectivity index (χ2v) is 8.23. The number of hydrogen-bond donors (Lipinski definition) is 1. The molecule has 1 heterocycles. The molecule has 2 aromatic carbocycles. The highest BCUT2D eigenvalue weighted by Crippen LogP contribution is 2.36. The van der Waals surface area contributed by atoms with Gasteiger partial charge in [0.1, 0.15) is 12.3 Å². The number of nitrogens with one attached hydrogen (secondary N) is 1. The first-order valence-corrected chi connectivity index (χ1v) is 10.6. The van der Waals surface area contributed by atoms with Crippen molar-refractivity contribution in [1.29, 1.82) is 0 Å². The average molecular weight is 441 g/mol. The molecule has 1 N–H and O–H groups in total. The first-order chi connectivity index (χ1) is 14.0. The Morgan fingerprint density at radius 3 is 2.40 bits per heavy atom. The summed E-state index contributed by atoms with van der Waals surface area (Å²) in [5.41, 5.74) is -0.546. The van der Waals surface area contributed by atoms with Gasteiger partial charge in [-0.2, -0.15) is 21.6 Å². The lowest BCUT2D eigenvalue weighted by Crippen LogP contribution is -2.14. The molecule has 0 fully saturated rings. The Balaban J connectivity index is 1.92. The molecule has 0 saturated heterocycles. The predicted octanol–water partition coefficient (Wildman–Crippen LogP) is 4.06. The van der Waals surface area contributed by atoms with Crippen molar-refractivity contribution in [3.8, 4) is 0 Å². The molecule has 160 valence electrons. The number of carbonyl (C=O) groups is 1. The maximum absolute atomic E-state index is 13.5. The van der Waals surface area contributed by atoms with Crippen LogP contribution >= 0.6 is 0 Å². The number of aromatic amines is 1. The van der Waals surface area contributed by atoms with Crippen LogP contribution in [-0.2, 0) is 38.2 Å². The Hall–Kier alpha value is -2.85. The minimum atomic E-state index is -4.79. The number of ether oxygens (including phenoxy) is 1. The van der Waals surface area contributed by atoms with Crippen LogP contribution < -0.4 is 0 Å². The Morgan fingerprint density at radius 2 is 1.77 bits per heavy atom. The largest absolute Gasteiger partial charge is 0.457 e. The number of aromatic nitrogens is 1. The van der Waals surface area contributed by atoms with Gasteiger partial charge in [-0.3, -0.25) is 4.18 Å². The van der Waals surface area contributed by atoms with Gasteiger partial charge < -0.3 is 9.72 Å². The number of esters is 1. The van der Waals surface area contributed by atoms with Gasteiger partial charge >= 0.3 is 12.1 Å². The molecule has 1 aromatic heterocycles. The van der Waals surface area contributed by atoms with Crippen LogP contribution in [0.3, 0.4) is 0 Å². The topological polar surface area (TPSA) is 85.5 Å². The number of carbonyl (C=O) groups excluding carboxylic acids is 1. The molecule has 0 amide bonds. The summed E-state index contributed by atoms with van der Waals surface area (Å²) in [7, 11) is -3.64. The van der Waals surface area contributed by atoms with Crippen molar-refractivity contribution in [3.63, 3.8) is 0 Å². The molecule has 0 aliphatic carbocycles. The molecule has 10 heteroatoms. The van der Waals surface area contributed by atoms with Gasteiger partial charge in [-0.15, -0.1) is 0 Å². The second kappa shape index (κ2) is 8.49. The van der Waals surface area contributed by atoms with E-state index >= 15 is 0 Å². The summed E-state index contributed by atoms with van der Waals surface area (Å²) in [5, 5.41) is 0.0391. The number of rotatable bonds is 7. The van der Waals surface area contributed by atoms with Crippen LogP contribution in [0.2, 0.25) is 0 Å². The van der Waals surface area contributed by atoms with Gasteiger partial charge in [-0.05, 0) is 29.7 Å². The molecule has 0 saturated carbocycles. The van der Waals surface area contributed by atoms with Crippen molar-refractivity contribution < 1.29 is 35.3 Å². The summed E-state index contributed by atoms with van der Waals surface area (Å²) in [6.45, 7) is -0.347. The number of halogens is 3. The molecule has 0 radical (unpaired) electrons. The van der Waals surface area contributed by atoms with Crippen molar-refractivity contribution in [1.82, 2.24) is 4.98 Å². The number of alkyl halides is 3. The number of benzene rings is 2. The lowest BCUT2D eigenvalue weighted by molar-refractivity contribution is -0.141. The predicted molar refractivity (Wildman–Crippen MR) is 103 cm³/mol. The summed E-state index contributed by atoms with van der Waals surface area (Å²) in [6, 6.07) is 12.9. The summed E-state index contributed by atoms with van der Waals surface area (Å²) in [6.07, 6.45) is -3.76. The van der Waals surface area contributed by atoms with E-state index in [9.17, 15) is 26.4 Å². The van der Waals surface area contributed by atoms with E-state index < -0.39 is 33.5 Å². The summed E-state index contributed by atoms with van der Waals surface area (Å²) in [5.74, 6) is -1.11. The second-order valence-electron chi connectivity index (χ2n) is 6.59. The van der Waals surface area contributed by atoms with E-state index in [1.54, 1.807) is 30.3 Å². The normalized spacial score (nSPS) is 12.3. The highest BCUT2D eigenvalue weighted by Gasteiger charge is 2.39. The molecule has 30 heavy (non-hydrogen) atoms. The molecule has 0 aliphatic heterocycles. The van der Waals surface area contributed by atoms with Gasteiger partial charge in [-0.1, -0.05) is 36.4 Å². The monoisotopic (exact) mass is 441 g/mol. The van der Waals surface area contributed by atoms with Crippen LogP contribution in [0.25, 0.3) is 10.9 Å². The quantitative estimate of drug-likeness (QED) is 0.442. The summed E-state index contributed by atoms with van der Waals surface area (Å²) >= 11 is 0. The van der Waals surface area contributed by atoms with Crippen LogP contribution in [0, 0.1) is 0 Å². The molecule has 3 aromatic rings. The van der Waals surface area contributed by atoms with E-state index in [1.165, 1.54) is 18.2 Å². The molecule has 0 aliphatic rings. The van der Waals surface area contributed by atoms with E-state index in [-0.39, 0.29) is 30.5 Å². The third-order valence-electron chi connectivity index (χ3n) is 4.25. The number of H-pyrrole nitrogens is 1. The van der Waals surface area contributed by atoms with Crippen LogP contribution in [0.1, 0.15) is 27.2 Å². The van der Waals surface area contributed by atoms with Gasteiger partial charge in [0.2, 0.25) is 0 Å². The smallest absolute Gasteiger partial charge is 0.432 e. The summed E-state index contributed by atoms with van der Waals surface area (Å²) in [4.78, 5) is 14.8. The molecule has 0 unspecified atom stereocenters. The Morgan fingerprint density at radius 1 is 1.07 bits per heavy atom. The zero-order valence-electron chi connectivity index (χ0n) is 15.8. The zero-order valence-corrected chi connectivity index (χ0v) is 16.6. The van der Waals surface area contributed by atoms with Crippen LogP contribution in [0.5, 0.6) is 0 Å². The van der Waals surface area contributed by atoms with E-state index in [4.69, 9.17) is 4.74 Å². The maximum atomic E-state index is 13.5. The molecular formula is C20H18F3NO5S. The lowest BCUT2D eigenvalue weighted by Gasteiger charge is -2.09. The minimum absolute atomic E-state index is 0.0391. The molecule has 0 spiro atoms. The van der Waals surface area contributed by atoms with E-state index in [1.807, 2.05) is 0 Å². The van der Waals surface area contributed by atoms with Crippen molar-refractivity contribution >= 4 is 27.0 Å². The van der Waals surface area contributed by atoms with Crippen molar-refractivity contribution in [2.24, 2.45) is 0 Å². The minimum Gasteiger partial charge on any atom is -0.457 e. The molecular weight excluding hydrogens is 423 g/mol. The fourth-order valence-corrected chi connectivity index (χ4v) is 3.31. The maximum Gasteiger partial charge on any atom is 0.432 e. The van der Waals surface area contributed by atoms with Crippen LogP contribution in [0.15, 0.2) is 48.5 Å². The van der Waals surface area contributed by atoms with Crippen molar-refractivity contribution in [2.45, 2.75) is 19.2 Å². The highest BCUT2D eigenvalue weighted by atomic mass is 32.2. The van der Waals surface area contributed by atoms with E-state index in [0.29, 0.717) is 11.1 Å². The van der Waals surface area contributed by atoms with E-state index in [0.717, 1.165) is 6.26 Å². The summed E-state index contributed by atoms with van der Waals surface area (Å²) < 4.78 is 72.5. The lowest BCUT2D eigenvalue weighted by atomic mass is 10.1. The van der Waals surface area contributed by atoms with Gasteiger partial charge in [0.25, 0.3) is 10.1 Å². The van der Waals surface area contributed by atoms with Crippen LogP contribution in [-0.4, -0.2) is 32.2 Å². The van der Waals surface area contributed by atoms with Crippen LogP contribution in [0.4, 0.5) is 13.2 Å². The van der Waals surface area contributed by atoms with Gasteiger partial charge in [0, 0.05) is 10.9 Å². The average Bonchev–Trinajstić information content (AvgIpc) is 3.05. The van der Waals surface area contributed by atoms with Crippen molar-refractivity contribution in [2.75, 3.05) is 12.9 Å². The van der Waals surface area contributed by atoms with Gasteiger partial charge in [0.15, 0.2) is 0 Å². The van der Waals surface area contributed by atoms with E-state index in [2.05, 4.69) is 9.17 Å². The Kier molecular flexibility index (Phi) is 6.18. The molecule has 3 rings (SSSR count). The first-order valence-electron chi connectivity index (χ1n) is 8.82. The zero-order chi connectivity index (χ0) is 21.9. The number of hydrogen-bond acceptors (Lipinski definition) is 5. The highest BCUT2D eigenvalue weighted by molar-refractivity contribution is 7.85. The van der Waals surface area contributed by atoms with Gasteiger partial charge in [-0.25, -0.2) is 4.79 Å². The molecule has 6 nitrogen and oxygen atoms in total. The molecule has 0 bridgehead atoms. The van der Waals surface area contributed by atoms with Gasteiger partial charge in [0.05, 0.1) is 18.4 Å². The molecule has 0 atom stereocenters. The third-order valence-corrected chi connectivity index (χ3v) is 4.85. The fourth-order valence-electron chi connectivity index (χ4n) is 2.93. The van der Waals surface area contributed by atoms with Crippen molar-refractivity contribution in [3.05, 3.63) is 70.9 Å². The number of fused-ring (bicyclic) bond motifs is 1. The fraction of sp³-hybridized carbons (Fsp3) is 0.250. The standard InChI is InChI=1S/C20H18F3NO5S/c1-30(26,27)29-10-9-13-7-8-16-15(11-13)17(18(24-16)20(21,22)23)19(25)28-12-14-5-3-2-4-6-14/h2-8,11,24H,9-10,12H2,1H3. The Bertz CT molecular complexity index is 1150. The SMILES string of the molecule is CS(=O)(=O)OCCc1ccc2[nH]c(C(F)(F)F)c(C(=O)OCc3ccccc3)c2c1. The Labute approximate surface area is 170 Å².